The van der Waals surface area contributed by atoms with Crippen molar-refractivity contribution < 1.29 is 26.8 Å². The van der Waals surface area contributed by atoms with Gasteiger partial charge in [-0.05, 0) is 37.3 Å². The fraction of sp³-hybridized carbons (Fsp3) is 0.188. The summed E-state index contributed by atoms with van der Waals surface area (Å²) in [5, 5.41) is 2.60. The molecule has 0 saturated carbocycles. The number of sulfonamides is 1. The van der Waals surface area contributed by atoms with Crippen molar-refractivity contribution in [1.82, 2.24) is 4.72 Å². The van der Waals surface area contributed by atoms with Crippen LogP contribution >= 0.6 is 7.60 Å². The van der Waals surface area contributed by atoms with E-state index in [4.69, 9.17) is 9.05 Å². The van der Waals surface area contributed by atoms with Crippen molar-refractivity contribution in [1.29, 1.82) is 0 Å². The first-order valence-electron chi connectivity index (χ1n) is 7.43. The van der Waals surface area contributed by atoms with Crippen LogP contribution in [0.25, 0.3) is 0 Å². The van der Waals surface area contributed by atoms with Gasteiger partial charge in [0, 0.05) is 19.9 Å². The van der Waals surface area contributed by atoms with Crippen LogP contribution in [-0.4, -0.2) is 28.7 Å². The maximum absolute atomic E-state index is 12.4. The Morgan fingerprint density at radius 2 is 1.65 bits per heavy atom. The molecule has 8 nitrogen and oxygen atoms in total. The van der Waals surface area contributed by atoms with Crippen LogP contribution in [0.15, 0.2) is 53.4 Å². The summed E-state index contributed by atoms with van der Waals surface area (Å²) in [5.74, 6) is 0. The summed E-state index contributed by atoms with van der Waals surface area (Å²) in [5.41, 5.74) is 1.12. The third-order valence-electron chi connectivity index (χ3n) is 3.46. The lowest BCUT2D eigenvalue weighted by Crippen LogP contribution is -2.34. The summed E-state index contributed by atoms with van der Waals surface area (Å²) in [6, 6.07) is 11.0. The van der Waals surface area contributed by atoms with E-state index in [-0.39, 0.29) is 15.9 Å². The zero-order chi connectivity index (χ0) is 19.4. The van der Waals surface area contributed by atoms with E-state index in [1.807, 2.05) is 11.6 Å². The molecular weight excluding hydrogens is 379 g/mol. The molecule has 0 aliphatic heterocycles. The molecule has 2 amide bonds. The van der Waals surface area contributed by atoms with E-state index in [2.05, 4.69) is 5.32 Å². The van der Waals surface area contributed by atoms with E-state index in [0.29, 0.717) is 0 Å². The molecule has 2 aromatic rings. The highest BCUT2D eigenvalue weighted by Gasteiger charge is 2.25. The van der Waals surface area contributed by atoms with Gasteiger partial charge in [-0.2, -0.15) is 0 Å². The Morgan fingerprint density at radius 3 is 2.23 bits per heavy atom. The smallest absolute Gasteiger partial charge is 0.309 e. The number of hydrogen-bond donors (Lipinski definition) is 2. The van der Waals surface area contributed by atoms with Crippen LogP contribution in [0.3, 0.4) is 0 Å². The van der Waals surface area contributed by atoms with E-state index in [1.54, 1.807) is 12.1 Å². The zero-order valence-corrected chi connectivity index (χ0v) is 16.1. The second-order valence-corrected chi connectivity index (χ2v) is 9.21. The van der Waals surface area contributed by atoms with Crippen LogP contribution in [0.4, 0.5) is 10.5 Å². The predicted molar refractivity (Wildman–Crippen MR) is 98.2 cm³/mol. The molecule has 0 heterocycles. The third-order valence-corrected chi connectivity index (χ3v) is 6.68. The van der Waals surface area contributed by atoms with Crippen molar-refractivity contribution in [3.05, 3.63) is 54.1 Å². The number of carbonyl (C=O) groups excluding carboxylic acids is 1. The summed E-state index contributed by atoms with van der Waals surface area (Å²) in [4.78, 5) is 12.0. The average Bonchev–Trinajstić information content (AvgIpc) is 2.61. The molecule has 0 saturated heterocycles. The molecule has 0 unspecified atom stereocenters. The van der Waals surface area contributed by atoms with Crippen molar-refractivity contribution in [3.63, 3.8) is 0 Å². The van der Waals surface area contributed by atoms with Gasteiger partial charge < -0.3 is 14.4 Å². The van der Waals surface area contributed by atoms with E-state index >= 15 is 0 Å². The fourth-order valence-corrected chi connectivity index (χ4v) is 4.14. The minimum absolute atomic E-state index is 0.0322. The van der Waals surface area contributed by atoms with Crippen molar-refractivity contribution in [2.24, 2.45) is 0 Å². The lowest BCUT2D eigenvalue weighted by Gasteiger charge is -2.15. The van der Waals surface area contributed by atoms with Gasteiger partial charge in [0.25, 0.3) is 10.0 Å². The summed E-state index contributed by atoms with van der Waals surface area (Å²) in [7, 11) is -5.02. The molecule has 0 aliphatic carbocycles. The molecule has 2 aromatic carbocycles. The molecule has 26 heavy (non-hydrogen) atoms. The van der Waals surface area contributed by atoms with E-state index in [0.717, 1.165) is 5.56 Å². The largest absolute Gasteiger partial charge is 0.360 e. The van der Waals surface area contributed by atoms with Crippen LogP contribution in [0, 0.1) is 6.92 Å². The second kappa shape index (κ2) is 8.01. The van der Waals surface area contributed by atoms with Gasteiger partial charge >= 0.3 is 13.6 Å². The highest BCUT2D eigenvalue weighted by molar-refractivity contribution is 7.90. The molecule has 140 valence electrons. The van der Waals surface area contributed by atoms with Gasteiger partial charge in [0.2, 0.25) is 0 Å². The molecule has 0 fully saturated rings. The number of aryl methyl sites for hydroxylation is 1. The number of hydrogen-bond acceptors (Lipinski definition) is 6. The Kier molecular flexibility index (Phi) is 6.20. The first-order valence-corrected chi connectivity index (χ1v) is 10.5. The van der Waals surface area contributed by atoms with E-state index in [1.165, 1.54) is 50.6 Å². The number of carbonyl (C=O) groups is 1. The van der Waals surface area contributed by atoms with Crippen LogP contribution in [0.2, 0.25) is 0 Å². The van der Waals surface area contributed by atoms with Gasteiger partial charge in [-0.25, -0.2) is 17.9 Å². The Morgan fingerprint density at radius 1 is 1.04 bits per heavy atom. The summed E-state index contributed by atoms with van der Waals surface area (Å²) < 4.78 is 48.5. The van der Waals surface area contributed by atoms with Gasteiger partial charge in [-0.15, -0.1) is 0 Å². The van der Waals surface area contributed by atoms with Gasteiger partial charge in [-0.3, -0.25) is 4.57 Å². The Bertz CT molecular complexity index is 935. The van der Waals surface area contributed by atoms with Crippen molar-refractivity contribution in [3.8, 4) is 0 Å². The standard InChI is InChI=1S/C16H19N2O6PS/c1-12-7-9-15(10-8-12)26(21,22)18-16(19)17-13-5-4-6-14(11-13)25(20,23-2)24-3/h4-11H,1-3H3,(H2,17,18,19). The fourth-order valence-electron chi connectivity index (χ4n) is 2.09. The van der Waals surface area contributed by atoms with Gasteiger partial charge in [0.1, 0.15) is 0 Å². The van der Waals surface area contributed by atoms with Crippen LogP contribution in [0.5, 0.6) is 0 Å². The number of amides is 2. The molecule has 0 radical (unpaired) electrons. The predicted octanol–water partition coefficient (Wildman–Crippen LogP) is 2.62. The van der Waals surface area contributed by atoms with Crippen molar-refractivity contribution in [2.45, 2.75) is 11.8 Å². The highest BCUT2D eigenvalue weighted by Crippen LogP contribution is 2.45. The molecular formula is C16H19N2O6PS. The Balaban J connectivity index is 2.15. The third kappa shape index (κ3) is 4.70. The zero-order valence-electron chi connectivity index (χ0n) is 14.4. The SMILES string of the molecule is COP(=O)(OC)c1cccc(NC(=O)NS(=O)(=O)c2ccc(C)cc2)c1. The number of anilines is 1. The number of urea groups is 1. The first kappa shape index (κ1) is 20.1. The van der Waals surface area contributed by atoms with Crippen LogP contribution < -0.4 is 15.3 Å². The number of rotatable bonds is 6. The summed E-state index contributed by atoms with van der Waals surface area (Å²) in [6.45, 7) is 1.82. The molecule has 0 aromatic heterocycles. The van der Waals surface area contributed by atoms with Gasteiger partial charge in [0.05, 0.1) is 10.2 Å². The summed E-state index contributed by atoms with van der Waals surface area (Å²) in [6.07, 6.45) is 0. The Hall–Kier alpha value is -2.19. The van der Waals surface area contributed by atoms with Gasteiger partial charge in [0.15, 0.2) is 0 Å². The van der Waals surface area contributed by atoms with Crippen molar-refractivity contribution in [2.75, 3.05) is 19.5 Å². The normalized spacial score (nSPS) is 11.8. The van der Waals surface area contributed by atoms with Crippen LogP contribution in [0.1, 0.15) is 5.56 Å². The second-order valence-electron chi connectivity index (χ2n) is 5.29. The molecule has 0 aliphatic rings. The van der Waals surface area contributed by atoms with Gasteiger partial charge in [-0.1, -0.05) is 23.8 Å². The molecule has 2 N–H and O–H groups in total. The number of nitrogens with one attached hydrogen (secondary N) is 2. The minimum atomic E-state index is -4.01. The van der Waals surface area contributed by atoms with Crippen LogP contribution in [-0.2, 0) is 23.6 Å². The maximum Gasteiger partial charge on any atom is 0.360 e. The Labute approximate surface area is 152 Å². The topological polar surface area (TPSA) is 111 Å². The highest BCUT2D eigenvalue weighted by atomic mass is 32.2. The molecule has 0 spiro atoms. The molecule has 0 bridgehead atoms. The average molecular weight is 398 g/mol. The molecule has 2 rings (SSSR count). The maximum atomic E-state index is 12.4. The quantitative estimate of drug-likeness (QED) is 0.724. The van der Waals surface area contributed by atoms with E-state index in [9.17, 15) is 17.8 Å². The minimum Gasteiger partial charge on any atom is -0.309 e. The lowest BCUT2D eigenvalue weighted by molar-refractivity contribution is 0.256. The van der Waals surface area contributed by atoms with Crippen molar-refractivity contribution >= 4 is 34.6 Å². The lowest BCUT2D eigenvalue weighted by atomic mass is 10.2. The first-order chi connectivity index (χ1) is 12.2. The molecule has 10 heteroatoms. The summed E-state index contributed by atoms with van der Waals surface area (Å²) >= 11 is 0. The number of benzene rings is 2. The van der Waals surface area contributed by atoms with E-state index < -0.39 is 23.7 Å². The molecule has 0 atom stereocenters. The monoisotopic (exact) mass is 398 g/mol.